The summed E-state index contributed by atoms with van der Waals surface area (Å²) < 4.78 is 4.99. The van der Waals surface area contributed by atoms with Gasteiger partial charge < -0.3 is 4.74 Å². The third-order valence-corrected chi connectivity index (χ3v) is 1.72. The normalized spacial score (nSPS) is 20.3. The Bertz CT molecular complexity index is 212. The van der Waals surface area contributed by atoms with Gasteiger partial charge in [-0.3, -0.25) is 4.79 Å². The maximum absolute atomic E-state index is 10.6. The van der Waals surface area contributed by atoms with E-state index >= 15 is 0 Å². The summed E-state index contributed by atoms with van der Waals surface area (Å²) in [6.45, 7) is 4.55. The predicted molar refractivity (Wildman–Crippen MR) is 43.0 cm³/mol. The highest BCUT2D eigenvalue weighted by atomic mass is 16.5. The van der Waals surface area contributed by atoms with Crippen molar-refractivity contribution >= 4 is 6.29 Å². The minimum absolute atomic E-state index is 0.286. The average molecular weight is 152 g/mol. The van der Waals surface area contributed by atoms with E-state index in [0.29, 0.717) is 6.61 Å². The van der Waals surface area contributed by atoms with Gasteiger partial charge in [0.1, 0.15) is 12.9 Å². The number of hydrogen-bond donors (Lipinski definition) is 0. The van der Waals surface area contributed by atoms with Gasteiger partial charge in [-0.1, -0.05) is 13.8 Å². The highest BCUT2D eigenvalue weighted by Crippen LogP contribution is 2.17. The van der Waals surface area contributed by atoms with Crippen molar-refractivity contribution in [2.75, 3.05) is 6.61 Å². The van der Waals surface area contributed by atoms with Gasteiger partial charge in [-0.15, -0.1) is 0 Å². The fourth-order valence-corrected chi connectivity index (χ4v) is 1.08. The lowest BCUT2D eigenvalue weighted by molar-refractivity contribution is -0.105. The monoisotopic (exact) mass is 152 g/mol. The summed E-state index contributed by atoms with van der Waals surface area (Å²) in [5, 5.41) is 0. The summed E-state index contributed by atoms with van der Waals surface area (Å²) in [5.74, 6) is 0.286. The third-order valence-electron chi connectivity index (χ3n) is 1.72. The summed E-state index contributed by atoms with van der Waals surface area (Å²) in [6, 6.07) is 0. The van der Waals surface area contributed by atoms with Crippen LogP contribution in [0.2, 0.25) is 0 Å². The SMILES string of the molecule is CC(C)/C(C=O)=C1\C=COC1. The van der Waals surface area contributed by atoms with Gasteiger partial charge in [0, 0.05) is 5.57 Å². The Morgan fingerprint density at radius 1 is 1.73 bits per heavy atom. The second kappa shape index (κ2) is 3.37. The summed E-state index contributed by atoms with van der Waals surface area (Å²) in [6.07, 6.45) is 4.39. The first-order valence-corrected chi connectivity index (χ1v) is 3.72. The van der Waals surface area contributed by atoms with Gasteiger partial charge in [0.05, 0.1) is 6.26 Å². The van der Waals surface area contributed by atoms with Crippen molar-refractivity contribution in [1.82, 2.24) is 0 Å². The smallest absolute Gasteiger partial charge is 0.146 e. The molecule has 0 atom stereocenters. The first-order chi connectivity index (χ1) is 5.25. The van der Waals surface area contributed by atoms with E-state index in [1.807, 2.05) is 19.9 Å². The Hall–Kier alpha value is -1.05. The lowest BCUT2D eigenvalue weighted by Crippen LogP contribution is -2.00. The van der Waals surface area contributed by atoms with Crippen LogP contribution in [-0.2, 0) is 9.53 Å². The van der Waals surface area contributed by atoms with E-state index in [0.717, 1.165) is 17.4 Å². The molecular weight excluding hydrogens is 140 g/mol. The Morgan fingerprint density at radius 2 is 2.45 bits per heavy atom. The minimum Gasteiger partial charge on any atom is -0.496 e. The largest absolute Gasteiger partial charge is 0.496 e. The van der Waals surface area contributed by atoms with Crippen LogP contribution in [0.4, 0.5) is 0 Å². The molecule has 0 saturated heterocycles. The maximum atomic E-state index is 10.6. The zero-order valence-electron chi connectivity index (χ0n) is 6.83. The number of carbonyl (C=O) groups excluding carboxylic acids is 1. The summed E-state index contributed by atoms with van der Waals surface area (Å²) in [5.41, 5.74) is 1.86. The number of carbonyl (C=O) groups is 1. The molecule has 0 unspecified atom stereocenters. The Kier molecular flexibility index (Phi) is 2.47. The molecule has 0 saturated carbocycles. The standard InChI is InChI=1S/C9H12O2/c1-7(2)9(5-10)8-3-4-11-6-8/h3-5,7H,6H2,1-2H3/b9-8+. The van der Waals surface area contributed by atoms with Gasteiger partial charge >= 0.3 is 0 Å². The quantitative estimate of drug-likeness (QED) is 0.444. The van der Waals surface area contributed by atoms with Gasteiger partial charge in [0.2, 0.25) is 0 Å². The van der Waals surface area contributed by atoms with E-state index in [4.69, 9.17) is 4.74 Å². The van der Waals surface area contributed by atoms with Crippen LogP contribution in [0.5, 0.6) is 0 Å². The number of aldehydes is 1. The third kappa shape index (κ3) is 1.70. The molecule has 0 radical (unpaired) electrons. The summed E-state index contributed by atoms with van der Waals surface area (Å²) >= 11 is 0. The molecule has 0 amide bonds. The van der Waals surface area contributed by atoms with Crippen molar-refractivity contribution in [3.8, 4) is 0 Å². The van der Waals surface area contributed by atoms with Gasteiger partial charge in [0.25, 0.3) is 0 Å². The first-order valence-electron chi connectivity index (χ1n) is 3.72. The van der Waals surface area contributed by atoms with Crippen molar-refractivity contribution < 1.29 is 9.53 Å². The van der Waals surface area contributed by atoms with Crippen molar-refractivity contribution in [2.45, 2.75) is 13.8 Å². The van der Waals surface area contributed by atoms with Crippen LogP contribution >= 0.6 is 0 Å². The topological polar surface area (TPSA) is 26.3 Å². The lowest BCUT2D eigenvalue weighted by Gasteiger charge is -2.05. The number of hydrogen-bond acceptors (Lipinski definition) is 2. The molecule has 2 heteroatoms. The molecule has 0 fully saturated rings. The molecule has 0 spiro atoms. The molecule has 1 aliphatic rings. The van der Waals surface area contributed by atoms with Crippen molar-refractivity contribution in [2.24, 2.45) is 5.92 Å². The lowest BCUT2D eigenvalue weighted by atomic mass is 9.99. The van der Waals surface area contributed by atoms with Crippen LogP contribution in [0.25, 0.3) is 0 Å². The Morgan fingerprint density at radius 3 is 2.82 bits per heavy atom. The minimum atomic E-state index is 0.286. The van der Waals surface area contributed by atoms with Gasteiger partial charge in [-0.25, -0.2) is 0 Å². The van der Waals surface area contributed by atoms with E-state index in [1.54, 1.807) is 6.26 Å². The number of allylic oxidation sites excluding steroid dienone is 1. The average Bonchev–Trinajstić information content (AvgIpc) is 2.40. The van der Waals surface area contributed by atoms with Crippen molar-refractivity contribution in [1.29, 1.82) is 0 Å². The Balaban J connectivity index is 2.88. The predicted octanol–water partition coefficient (Wildman–Crippen LogP) is 1.68. The zero-order chi connectivity index (χ0) is 8.27. The maximum Gasteiger partial charge on any atom is 0.146 e. The van der Waals surface area contributed by atoms with E-state index in [9.17, 15) is 4.79 Å². The van der Waals surface area contributed by atoms with Crippen LogP contribution in [0.1, 0.15) is 13.8 Å². The molecule has 1 rings (SSSR count). The summed E-state index contributed by atoms with van der Waals surface area (Å²) in [7, 11) is 0. The molecule has 2 nitrogen and oxygen atoms in total. The van der Waals surface area contributed by atoms with Crippen LogP contribution in [0.3, 0.4) is 0 Å². The highest BCUT2D eigenvalue weighted by molar-refractivity contribution is 5.76. The molecule has 1 aliphatic heterocycles. The Labute approximate surface area is 66.5 Å². The fourth-order valence-electron chi connectivity index (χ4n) is 1.08. The molecule has 1 heterocycles. The molecule has 60 valence electrons. The molecule has 0 aromatic heterocycles. The van der Waals surface area contributed by atoms with E-state index < -0.39 is 0 Å². The van der Waals surface area contributed by atoms with Gasteiger partial charge in [-0.2, -0.15) is 0 Å². The van der Waals surface area contributed by atoms with E-state index in [-0.39, 0.29) is 5.92 Å². The van der Waals surface area contributed by atoms with E-state index in [2.05, 4.69) is 0 Å². The van der Waals surface area contributed by atoms with Crippen LogP contribution in [0, 0.1) is 5.92 Å². The van der Waals surface area contributed by atoms with Gasteiger partial charge in [-0.05, 0) is 17.6 Å². The molecular formula is C9H12O2. The molecule has 0 N–H and O–H groups in total. The van der Waals surface area contributed by atoms with Crippen molar-refractivity contribution in [3.63, 3.8) is 0 Å². The highest BCUT2D eigenvalue weighted by Gasteiger charge is 2.10. The molecule has 0 aromatic rings. The van der Waals surface area contributed by atoms with Gasteiger partial charge in [0.15, 0.2) is 0 Å². The van der Waals surface area contributed by atoms with Crippen LogP contribution in [0.15, 0.2) is 23.5 Å². The van der Waals surface area contributed by atoms with E-state index in [1.165, 1.54) is 0 Å². The second-order valence-corrected chi connectivity index (χ2v) is 2.87. The fraction of sp³-hybridized carbons (Fsp3) is 0.444. The molecule has 0 aromatic carbocycles. The van der Waals surface area contributed by atoms with Crippen molar-refractivity contribution in [3.05, 3.63) is 23.5 Å². The number of rotatable bonds is 2. The molecule has 0 aliphatic carbocycles. The van der Waals surface area contributed by atoms with Crippen LogP contribution < -0.4 is 0 Å². The molecule has 11 heavy (non-hydrogen) atoms. The molecule has 0 bridgehead atoms. The number of ether oxygens (including phenoxy) is 1. The second-order valence-electron chi connectivity index (χ2n) is 2.87. The van der Waals surface area contributed by atoms with Crippen LogP contribution in [-0.4, -0.2) is 12.9 Å². The summed E-state index contributed by atoms with van der Waals surface area (Å²) in [4.78, 5) is 10.6. The first kappa shape index (κ1) is 8.05. The zero-order valence-corrected chi connectivity index (χ0v) is 6.83.